The molecule has 0 unspecified atom stereocenters. The third-order valence-electron chi connectivity index (χ3n) is 1.15. The van der Waals surface area contributed by atoms with Crippen molar-refractivity contribution < 1.29 is 9.84 Å². The fourth-order valence-corrected chi connectivity index (χ4v) is 0.564. The zero-order valence-corrected chi connectivity index (χ0v) is 6.55. The molecule has 0 atom stereocenters. The number of hydrogen-bond donors (Lipinski definition) is 1. The number of rotatable bonds is 6. The molecule has 2 nitrogen and oxygen atoms in total. The molecule has 0 amide bonds. The second kappa shape index (κ2) is 8.66. The van der Waals surface area contributed by atoms with Crippen molar-refractivity contribution in [2.45, 2.75) is 19.8 Å². The van der Waals surface area contributed by atoms with Gasteiger partial charge in [-0.2, -0.15) is 0 Å². The number of ether oxygens (including phenoxy) is 1. The molecule has 0 heterocycles. The molecule has 2 heteroatoms. The maximum atomic E-state index is 8.40. The van der Waals surface area contributed by atoms with E-state index in [4.69, 9.17) is 9.84 Å². The second-order valence-electron chi connectivity index (χ2n) is 2.07. The maximum absolute atomic E-state index is 8.40. The number of allylic oxidation sites excluding steroid dienone is 1. The van der Waals surface area contributed by atoms with Crippen molar-refractivity contribution in [1.29, 1.82) is 0 Å². The van der Waals surface area contributed by atoms with E-state index in [-0.39, 0.29) is 6.61 Å². The average molecular weight is 144 g/mol. The lowest BCUT2D eigenvalue weighted by Gasteiger charge is -1.97. The Morgan fingerprint density at radius 1 is 1.40 bits per heavy atom. The number of aliphatic hydroxyl groups is 1. The molecule has 0 spiro atoms. The zero-order valence-electron chi connectivity index (χ0n) is 6.55. The van der Waals surface area contributed by atoms with Crippen molar-refractivity contribution in [1.82, 2.24) is 0 Å². The van der Waals surface area contributed by atoms with Crippen LogP contribution in [0.5, 0.6) is 0 Å². The highest BCUT2D eigenvalue weighted by atomic mass is 16.5. The van der Waals surface area contributed by atoms with Crippen LogP contribution in [0.15, 0.2) is 12.2 Å². The van der Waals surface area contributed by atoms with E-state index in [0.717, 1.165) is 19.4 Å². The summed E-state index contributed by atoms with van der Waals surface area (Å²) in [5.74, 6) is 0. The highest BCUT2D eigenvalue weighted by Crippen LogP contribution is 1.88. The van der Waals surface area contributed by atoms with Gasteiger partial charge in [-0.25, -0.2) is 0 Å². The van der Waals surface area contributed by atoms with Gasteiger partial charge in [0.2, 0.25) is 0 Å². The van der Waals surface area contributed by atoms with Gasteiger partial charge in [-0.1, -0.05) is 12.2 Å². The van der Waals surface area contributed by atoms with Crippen LogP contribution in [0, 0.1) is 0 Å². The first kappa shape index (κ1) is 9.66. The fourth-order valence-electron chi connectivity index (χ4n) is 0.564. The summed E-state index contributed by atoms with van der Waals surface area (Å²) in [7, 11) is 0. The second-order valence-corrected chi connectivity index (χ2v) is 2.07. The largest absolute Gasteiger partial charge is 0.396 e. The molecule has 0 aromatic rings. The van der Waals surface area contributed by atoms with Gasteiger partial charge in [-0.3, -0.25) is 0 Å². The van der Waals surface area contributed by atoms with Gasteiger partial charge in [0.05, 0.1) is 6.61 Å². The minimum atomic E-state index is 0.271. The summed E-state index contributed by atoms with van der Waals surface area (Å²) in [5.41, 5.74) is 0. The molecule has 0 rings (SSSR count). The quantitative estimate of drug-likeness (QED) is 0.450. The van der Waals surface area contributed by atoms with Gasteiger partial charge in [-0.15, -0.1) is 0 Å². The van der Waals surface area contributed by atoms with Gasteiger partial charge in [0.25, 0.3) is 0 Å². The van der Waals surface area contributed by atoms with E-state index in [9.17, 15) is 0 Å². The molecule has 0 saturated carbocycles. The first-order chi connectivity index (χ1) is 4.91. The van der Waals surface area contributed by atoms with E-state index in [1.165, 1.54) is 0 Å². The van der Waals surface area contributed by atoms with E-state index in [1.807, 2.05) is 19.1 Å². The molecule has 10 heavy (non-hydrogen) atoms. The summed E-state index contributed by atoms with van der Waals surface area (Å²) < 4.78 is 5.18. The molecule has 0 radical (unpaired) electrons. The Hall–Kier alpha value is -0.340. The summed E-state index contributed by atoms with van der Waals surface area (Å²) in [6.07, 6.45) is 5.73. The first-order valence-corrected chi connectivity index (χ1v) is 3.71. The predicted octanol–water partition coefficient (Wildman–Crippen LogP) is 1.35. The number of hydrogen-bond acceptors (Lipinski definition) is 2. The SMILES string of the molecule is CC=CCOCCCCO. The van der Waals surface area contributed by atoms with E-state index >= 15 is 0 Å². The molecule has 0 aromatic carbocycles. The van der Waals surface area contributed by atoms with Gasteiger partial charge in [0.1, 0.15) is 0 Å². The summed E-state index contributed by atoms with van der Waals surface area (Å²) in [6, 6.07) is 0. The van der Waals surface area contributed by atoms with Crippen LogP contribution in [0.2, 0.25) is 0 Å². The Labute approximate surface area is 62.5 Å². The fraction of sp³-hybridized carbons (Fsp3) is 0.750. The Kier molecular flexibility index (Phi) is 8.37. The van der Waals surface area contributed by atoms with Crippen molar-refractivity contribution in [3.8, 4) is 0 Å². The van der Waals surface area contributed by atoms with Gasteiger partial charge >= 0.3 is 0 Å². The van der Waals surface area contributed by atoms with Crippen LogP contribution < -0.4 is 0 Å². The van der Waals surface area contributed by atoms with E-state index < -0.39 is 0 Å². The van der Waals surface area contributed by atoms with Gasteiger partial charge in [-0.05, 0) is 19.8 Å². The van der Waals surface area contributed by atoms with Crippen LogP contribution in [0.1, 0.15) is 19.8 Å². The van der Waals surface area contributed by atoms with E-state index in [1.54, 1.807) is 0 Å². The lowest BCUT2D eigenvalue weighted by molar-refractivity contribution is 0.150. The average Bonchev–Trinajstić information content (AvgIpc) is 1.97. The molecule has 60 valence electrons. The molecule has 0 aliphatic heterocycles. The minimum Gasteiger partial charge on any atom is -0.396 e. The Bertz CT molecular complexity index is 79.3. The third-order valence-corrected chi connectivity index (χ3v) is 1.15. The molecule has 0 aliphatic carbocycles. The lowest BCUT2D eigenvalue weighted by atomic mass is 10.3. The normalized spacial score (nSPS) is 11.0. The Morgan fingerprint density at radius 2 is 2.20 bits per heavy atom. The van der Waals surface area contributed by atoms with Crippen LogP contribution in [0.25, 0.3) is 0 Å². The molecule has 0 saturated heterocycles. The Morgan fingerprint density at radius 3 is 2.80 bits per heavy atom. The summed E-state index contributed by atoms with van der Waals surface area (Å²) in [5, 5.41) is 8.40. The van der Waals surface area contributed by atoms with Crippen molar-refractivity contribution in [2.24, 2.45) is 0 Å². The van der Waals surface area contributed by atoms with Crippen molar-refractivity contribution in [3.63, 3.8) is 0 Å². The predicted molar refractivity (Wildman–Crippen MR) is 42.0 cm³/mol. The molecule has 0 aromatic heterocycles. The van der Waals surface area contributed by atoms with Crippen LogP contribution in [-0.4, -0.2) is 24.9 Å². The standard InChI is InChI=1S/C8H16O2/c1-2-3-7-10-8-5-4-6-9/h2-3,9H,4-8H2,1H3. The van der Waals surface area contributed by atoms with Gasteiger partial charge in [0, 0.05) is 13.2 Å². The highest BCUT2D eigenvalue weighted by Gasteiger charge is 1.84. The molecule has 0 fully saturated rings. The van der Waals surface area contributed by atoms with Crippen LogP contribution in [0.4, 0.5) is 0 Å². The minimum absolute atomic E-state index is 0.271. The van der Waals surface area contributed by atoms with Crippen molar-refractivity contribution in [2.75, 3.05) is 19.8 Å². The van der Waals surface area contributed by atoms with Gasteiger partial charge in [0.15, 0.2) is 0 Å². The number of unbranched alkanes of at least 4 members (excludes halogenated alkanes) is 1. The van der Waals surface area contributed by atoms with Gasteiger partial charge < -0.3 is 9.84 Å². The first-order valence-electron chi connectivity index (χ1n) is 3.71. The summed E-state index contributed by atoms with van der Waals surface area (Å²) in [6.45, 7) is 3.69. The number of aliphatic hydroxyl groups excluding tert-OH is 1. The van der Waals surface area contributed by atoms with Crippen LogP contribution in [-0.2, 0) is 4.74 Å². The smallest absolute Gasteiger partial charge is 0.0647 e. The maximum Gasteiger partial charge on any atom is 0.0647 e. The Balaban J connectivity index is 2.77. The zero-order chi connectivity index (χ0) is 7.66. The van der Waals surface area contributed by atoms with Crippen molar-refractivity contribution >= 4 is 0 Å². The molecular weight excluding hydrogens is 128 g/mol. The van der Waals surface area contributed by atoms with Crippen LogP contribution in [0.3, 0.4) is 0 Å². The molecular formula is C8H16O2. The summed E-state index contributed by atoms with van der Waals surface area (Å²) in [4.78, 5) is 0. The molecule has 0 bridgehead atoms. The van der Waals surface area contributed by atoms with E-state index in [0.29, 0.717) is 6.61 Å². The molecule has 1 N–H and O–H groups in total. The van der Waals surface area contributed by atoms with Crippen LogP contribution >= 0.6 is 0 Å². The van der Waals surface area contributed by atoms with Crippen molar-refractivity contribution in [3.05, 3.63) is 12.2 Å². The molecule has 0 aliphatic rings. The highest BCUT2D eigenvalue weighted by molar-refractivity contribution is 4.75. The monoisotopic (exact) mass is 144 g/mol. The van der Waals surface area contributed by atoms with E-state index in [2.05, 4.69) is 0 Å². The topological polar surface area (TPSA) is 29.5 Å². The summed E-state index contributed by atoms with van der Waals surface area (Å²) >= 11 is 0. The lowest BCUT2D eigenvalue weighted by Crippen LogP contribution is -1.95. The third kappa shape index (κ3) is 7.66.